The third kappa shape index (κ3) is 6.74. The first-order valence-corrected chi connectivity index (χ1v) is 11.8. The van der Waals surface area contributed by atoms with Gasteiger partial charge in [-0.2, -0.15) is 11.8 Å². The summed E-state index contributed by atoms with van der Waals surface area (Å²) in [5.41, 5.74) is 0. The summed E-state index contributed by atoms with van der Waals surface area (Å²) >= 11 is 1.88. The van der Waals surface area contributed by atoms with E-state index in [1.54, 1.807) is 0 Å². The average molecular weight is 456 g/mol. The lowest BCUT2D eigenvalue weighted by atomic mass is 10.0. The number of nitrogens with zero attached hydrogens (tertiary/aromatic N) is 1. The molecule has 3 aliphatic heterocycles. The molecular formula is C19H29N5O6S. The Hall–Kier alpha value is -2.50. The number of carbonyl (C=O) groups is 5. The van der Waals surface area contributed by atoms with Gasteiger partial charge in [0.1, 0.15) is 0 Å². The summed E-state index contributed by atoms with van der Waals surface area (Å²) in [5.74, 6) is -0.677. The summed E-state index contributed by atoms with van der Waals surface area (Å²) in [6.07, 6.45) is 4.10. The second-order valence-corrected chi connectivity index (χ2v) is 9.07. The Kier molecular flexibility index (Phi) is 8.38. The van der Waals surface area contributed by atoms with Gasteiger partial charge < -0.3 is 26.1 Å². The summed E-state index contributed by atoms with van der Waals surface area (Å²) in [6.45, 7) is 0.987. The fraction of sp³-hybridized carbons (Fsp3) is 0.737. The zero-order valence-corrected chi connectivity index (χ0v) is 18.1. The normalized spacial score (nSPS) is 24.6. The highest BCUT2D eigenvalue weighted by atomic mass is 32.2. The van der Waals surface area contributed by atoms with Crippen LogP contribution in [-0.4, -0.2) is 71.1 Å². The molecular weight excluding hydrogens is 426 g/mol. The van der Waals surface area contributed by atoms with Crippen LogP contribution in [0.5, 0.6) is 0 Å². The predicted molar refractivity (Wildman–Crippen MR) is 112 cm³/mol. The summed E-state index contributed by atoms with van der Waals surface area (Å²) in [4.78, 5) is 62.4. The zero-order chi connectivity index (χ0) is 22.2. The molecule has 4 N–H and O–H groups in total. The Bertz CT molecular complexity index is 704. The van der Waals surface area contributed by atoms with Crippen molar-refractivity contribution in [3.63, 3.8) is 0 Å². The number of nitrogens with one attached hydrogen (secondary N) is 4. The number of hydrogen-bond donors (Lipinski definition) is 4. The predicted octanol–water partition coefficient (Wildman–Crippen LogP) is 0.399. The largest absolute Gasteiger partial charge is 0.338 e. The van der Waals surface area contributed by atoms with Crippen molar-refractivity contribution < 1.29 is 28.8 Å². The van der Waals surface area contributed by atoms with Gasteiger partial charge in [-0.1, -0.05) is 6.42 Å². The van der Waals surface area contributed by atoms with E-state index in [9.17, 15) is 24.0 Å². The number of hydroxylamine groups is 2. The van der Waals surface area contributed by atoms with Crippen molar-refractivity contribution >= 4 is 41.6 Å². The number of unbranched alkanes of at least 4 members (excludes halogenated alkanes) is 2. The molecule has 3 rings (SSSR count). The fourth-order valence-electron chi connectivity index (χ4n) is 3.78. The number of carbonyl (C=O) groups excluding carboxylic acids is 5. The summed E-state index contributed by atoms with van der Waals surface area (Å²) in [7, 11) is 0. The van der Waals surface area contributed by atoms with Gasteiger partial charge in [-0.3, -0.25) is 9.59 Å². The van der Waals surface area contributed by atoms with E-state index in [1.807, 2.05) is 11.8 Å². The van der Waals surface area contributed by atoms with Gasteiger partial charge in [-0.05, 0) is 25.7 Å². The molecule has 0 bridgehead atoms. The molecule has 0 saturated carbocycles. The van der Waals surface area contributed by atoms with Gasteiger partial charge in [0.15, 0.2) is 0 Å². The van der Waals surface area contributed by atoms with Crippen molar-refractivity contribution in [1.82, 2.24) is 26.3 Å². The van der Waals surface area contributed by atoms with Crippen molar-refractivity contribution in [2.45, 2.75) is 68.7 Å². The van der Waals surface area contributed by atoms with Crippen LogP contribution in [0.1, 0.15) is 51.4 Å². The van der Waals surface area contributed by atoms with Crippen LogP contribution in [0.25, 0.3) is 0 Å². The molecule has 0 aromatic rings. The van der Waals surface area contributed by atoms with Crippen molar-refractivity contribution in [1.29, 1.82) is 0 Å². The Morgan fingerprint density at radius 1 is 1.00 bits per heavy atom. The van der Waals surface area contributed by atoms with Crippen molar-refractivity contribution in [2.75, 3.05) is 18.8 Å². The topological polar surface area (TPSA) is 146 Å². The first-order chi connectivity index (χ1) is 14.9. The van der Waals surface area contributed by atoms with Crippen molar-refractivity contribution in [3.8, 4) is 0 Å². The second-order valence-electron chi connectivity index (χ2n) is 7.80. The molecule has 12 heteroatoms. The lowest BCUT2D eigenvalue weighted by molar-refractivity contribution is -0.197. The molecule has 172 valence electrons. The minimum absolute atomic E-state index is 0.0668. The number of rotatable bonds is 11. The van der Waals surface area contributed by atoms with E-state index >= 15 is 0 Å². The lowest BCUT2D eigenvalue weighted by Gasteiger charge is -2.16. The molecule has 31 heavy (non-hydrogen) atoms. The molecule has 0 aliphatic carbocycles. The molecule has 3 heterocycles. The standard InChI is InChI=1S/C19H29N5O6S/c25-14-7-8-15(26)24(14)30-16(27)6-2-4-10-21-18(28)20-9-3-1-5-13-17-12(11-31-13)22-19(29)23-17/h12-13,17H,1-11H2,(H2,20,21,28)(H2,22,23,29)/t12-,13?,17-/m0/s1. The SMILES string of the molecule is O=C(NCCCCC(=O)ON1C(=O)CCC1=O)NCCCCC1SC[C@@H]2NC(=O)N[C@H]12. The van der Waals surface area contributed by atoms with Crippen molar-refractivity contribution in [2.24, 2.45) is 0 Å². The average Bonchev–Trinajstić information content (AvgIpc) is 3.37. The van der Waals surface area contributed by atoms with Crippen molar-refractivity contribution in [3.05, 3.63) is 0 Å². The van der Waals surface area contributed by atoms with E-state index < -0.39 is 17.8 Å². The van der Waals surface area contributed by atoms with Gasteiger partial charge in [-0.15, -0.1) is 5.06 Å². The highest BCUT2D eigenvalue weighted by Gasteiger charge is 2.42. The van der Waals surface area contributed by atoms with Gasteiger partial charge in [0.05, 0.1) is 12.1 Å². The van der Waals surface area contributed by atoms with Crippen LogP contribution < -0.4 is 21.3 Å². The quantitative estimate of drug-likeness (QED) is 0.200. The minimum atomic E-state index is -0.632. The van der Waals surface area contributed by atoms with E-state index in [-0.39, 0.29) is 43.4 Å². The van der Waals surface area contributed by atoms with Gasteiger partial charge in [0.25, 0.3) is 11.8 Å². The molecule has 3 fully saturated rings. The molecule has 0 spiro atoms. The number of hydrogen-bond acceptors (Lipinski definition) is 7. The van der Waals surface area contributed by atoms with E-state index in [2.05, 4.69) is 21.3 Å². The Morgan fingerprint density at radius 3 is 2.39 bits per heavy atom. The first-order valence-electron chi connectivity index (χ1n) is 10.7. The second kappa shape index (κ2) is 11.2. The smallest absolute Gasteiger partial charge is 0.333 e. The number of amides is 6. The molecule has 0 radical (unpaired) electrons. The van der Waals surface area contributed by atoms with Gasteiger partial charge in [0, 0.05) is 43.4 Å². The third-order valence-electron chi connectivity index (χ3n) is 5.43. The number of urea groups is 2. The highest BCUT2D eigenvalue weighted by molar-refractivity contribution is 8.00. The van der Waals surface area contributed by atoms with E-state index in [4.69, 9.17) is 4.84 Å². The Morgan fingerprint density at radius 2 is 1.68 bits per heavy atom. The molecule has 3 saturated heterocycles. The highest BCUT2D eigenvalue weighted by Crippen LogP contribution is 2.32. The van der Waals surface area contributed by atoms with Crippen LogP contribution >= 0.6 is 11.8 Å². The summed E-state index contributed by atoms with van der Waals surface area (Å²) in [5, 5.41) is 12.4. The number of fused-ring (bicyclic) bond motifs is 1. The van der Waals surface area contributed by atoms with Crippen LogP contribution in [0, 0.1) is 0 Å². The molecule has 0 aromatic heterocycles. The number of imide groups is 1. The first kappa shape index (κ1) is 23.2. The monoisotopic (exact) mass is 455 g/mol. The Labute approximate surface area is 184 Å². The molecule has 3 aliphatic rings. The van der Waals surface area contributed by atoms with Crippen LogP contribution in [0.15, 0.2) is 0 Å². The minimum Gasteiger partial charge on any atom is -0.338 e. The Balaban J connectivity index is 1.15. The van der Waals surface area contributed by atoms with E-state index in [0.29, 0.717) is 36.2 Å². The fourth-order valence-corrected chi connectivity index (χ4v) is 5.32. The maximum Gasteiger partial charge on any atom is 0.333 e. The van der Waals surface area contributed by atoms with E-state index in [0.717, 1.165) is 25.0 Å². The third-order valence-corrected chi connectivity index (χ3v) is 6.94. The van der Waals surface area contributed by atoms with Gasteiger partial charge in [0.2, 0.25) is 0 Å². The van der Waals surface area contributed by atoms with Crippen LogP contribution in [0.2, 0.25) is 0 Å². The van der Waals surface area contributed by atoms with Crippen LogP contribution in [0.4, 0.5) is 9.59 Å². The zero-order valence-electron chi connectivity index (χ0n) is 17.3. The number of thioether (sulfide) groups is 1. The maximum absolute atomic E-state index is 11.8. The molecule has 1 unspecified atom stereocenters. The van der Waals surface area contributed by atoms with Gasteiger partial charge in [-0.25, -0.2) is 14.4 Å². The molecule has 0 aromatic carbocycles. The summed E-state index contributed by atoms with van der Waals surface area (Å²) < 4.78 is 0. The molecule has 6 amide bonds. The summed E-state index contributed by atoms with van der Waals surface area (Å²) in [6, 6.07) is 0.117. The van der Waals surface area contributed by atoms with Gasteiger partial charge >= 0.3 is 18.0 Å². The van der Waals surface area contributed by atoms with E-state index in [1.165, 1.54) is 0 Å². The molecule has 11 nitrogen and oxygen atoms in total. The maximum atomic E-state index is 11.8. The lowest BCUT2D eigenvalue weighted by Crippen LogP contribution is -2.37. The van der Waals surface area contributed by atoms with Crippen LogP contribution in [-0.2, 0) is 19.2 Å². The molecule has 3 atom stereocenters. The van der Waals surface area contributed by atoms with Crippen LogP contribution in [0.3, 0.4) is 0 Å².